The molecule has 5 nitrogen and oxygen atoms in total. The molecule has 16 heavy (non-hydrogen) atoms. The van der Waals surface area contributed by atoms with Gasteiger partial charge in [0.15, 0.2) is 0 Å². The molecule has 0 fully saturated rings. The molecule has 0 saturated heterocycles. The number of aromatic nitrogens is 1. The van der Waals surface area contributed by atoms with Crippen LogP contribution >= 0.6 is 11.6 Å². The van der Waals surface area contributed by atoms with Gasteiger partial charge < -0.3 is 15.0 Å². The molecule has 0 aliphatic rings. The molecule has 0 aliphatic carbocycles. The summed E-state index contributed by atoms with van der Waals surface area (Å²) in [5.41, 5.74) is 5.28. The number of ether oxygens (including phenoxy) is 1. The number of carbonyl (C=O) groups excluding carboxylic acids is 1. The van der Waals surface area contributed by atoms with E-state index in [4.69, 9.17) is 17.3 Å². The lowest BCUT2D eigenvalue weighted by atomic mass is 10.3. The van der Waals surface area contributed by atoms with E-state index in [2.05, 4.69) is 4.74 Å². The van der Waals surface area contributed by atoms with Crippen molar-refractivity contribution >= 4 is 23.3 Å². The van der Waals surface area contributed by atoms with E-state index in [1.807, 2.05) is 0 Å². The number of hydrogen-bond acceptors (Lipinski definition) is 4. The zero-order valence-electron chi connectivity index (χ0n) is 8.90. The lowest BCUT2D eigenvalue weighted by Crippen LogP contribution is -2.22. The van der Waals surface area contributed by atoms with Gasteiger partial charge in [-0.1, -0.05) is 11.6 Å². The van der Waals surface area contributed by atoms with E-state index in [0.717, 1.165) is 0 Å². The molecule has 0 unspecified atom stereocenters. The number of esters is 1. The summed E-state index contributed by atoms with van der Waals surface area (Å²) >= 11 is 5.76. The highest BCUT2D eigenvalue weighted by molar-refractivity contribution is 6.30. The number of nitrogens with zero attached hydrogens (tertiary/aromatic N) is 1. The first-order valence-corrected chi connectivity index (χ1v) is 5.14. The number of pyridine rings is 1. The second kappa shape index (κ2) is 5.55. The summed E-state index contributed by atoms with van der Waals surface area (Å²) in [6, 6.07) is 1.40. The van der Waals surface area contributed by atoms with Crippen molar-refractivity contribution in [3.63, 3.8) is 0 Å². The van der Waals surface area contributed by atoms with Crippen LogP contribution in [0.5, 0.6) is 0 Å². The number of carbonyl (C=O) groups is 1. The van der Waals surface area contributed by atoms with Gasteiger partial charge in [-0.3, -0.25) is 9.59 Å². The quantitative estimate of drug-likeness (QED) is 0.803. The molecule has 2 N–H and O–H groups in total. The average molecular weight is 245 g/mol. The summed E-state index contributed by atoms with van der Waals surface area (Å²) in [6.07, 6.45) is 2.26. The summed E-state index contributed by atoms with van der Waals surface area (Å²) in [5.74, 6) is -0.303. The minimum Gasteiger partial charge on any atom is -0.469 e. The van der Waals surface area contributed by atoms with Crippen molar-refractivity contribution < 1.29 is 9.53 Å². The van der Waals surface area contributed by atoms with Gasteiger partial charge in [-0.2, -0.15) is 0 Å². The summed E-state index contributed by atoms with van der Waals surface area (Å²) in [5, 5.41) is 0.398. The first-order valence-electron chi connectivity index (χ1n) is 4.77. The molecule has 0 aliphatic heterocycles. The molecule has 88 valence electrons. The first-order chi connectivity index (χ1) is 7.54. The molecule has 6 heteroatoms. The number of methoxy groups -OCH3 is 1. The van der Waals surface area contributed by atoms with Crippen molar-refractivity contribution in [2.24, 2.45) is 0 Å². The number of hydrogen-bond donors (Lipinski definition) is 1. The van der Waals surface area contributed by atoms with Gasteiger partial charge in [-0.05, 0) is 12.5 Å². The van der Waals surface area contributed by atoms with Gasteiger partial charge in [-0.25, -0.2) is 0 Å². The highest BCUT2D eigenvalue weighted by Crippen LogP contribution is 2.09. The summed E-state index contributed by atoms with van der Waals surface area (Å²) in [4.78, 5) is 22.4. The number of aryl methyl sites for hydroxylation is 1. The highest BCUT2D eigenvalue weighted by atomic mass is 35.5. The van der Waals surface area contributed by atoms with E-state index < -0.39 is 0 Å². The van der Waals surface area contributed by atoms with Crippen LogP contribution in [0.1, 0.15) is 12.8 Å². The van der Waals surface area contributed by atoms with Crippen LogP contribution in [-0.2, 0) is 16.1 Å². The fourth-order valence-electron chi connectivity index (χ4n) is 1.28. The molecule has 0 atom stereocenters. The summed E-state index contributed by atoms with van der Waals surface area (Å²) in [6.45, 7) is 0.388. The van der Waals surface area contributed by atoms with Crippen molar-refractivity contribution in [1.82, 2.24) is 4.57 Å². The Balaban J connectivity index is 2.67. The van der Waals surface area contributed by atoms with Gasteiger partial charge in [0.1, 0.15) is 0 Å². The van der Waals surface area contributed by atoms with Crippen LogP contribution in [0.3, 0.4) is 0 Å². The van der Waals surface area contributed by atoms with Gasteiger partial charge in [0, 0.05) is 19.2 Å². The Morgan fingerprint density at radius 3 is 2.94 bits per heavy atom. The van der Waals surface area contributed by atoms with E-state index in [1.165, 1.54) is 23.9 Å². The molecule has 0 saturated carbocycles. The number of rotatable bonds is 4. The van der Waals surface area contributed by atoms with Gasteiger partial charge in [0.2, 0.25) is 0 Å². The van der Waals surface area contributed by atoms with E-state index in [1.54, 1.807) is 0 Å². The molecule has 0 spiro atoms. The lowest BCUT2D eigenvalue weighted by molar-refractivity contribution is -0.140. The minimum atomic E-state index is -0.303. The van der Waals surface area contributed by atoms with Crippen LogP contribution in [0.25, 0.3) is 0 Å². The smallest absolute Gasteiger partial charge is 0.305 e. The number of halogens is 1. The fraction of sp³-hybridized carbons (Fsp3) is 0.400. The Labute approximate surface area is 97.8 Å². The van der Waals surface area contributed by atoms with Crippen LogP contribution in [0.15, 0.2) is 17.1 Å². The molecule has 0 radical (unpaired) electrons. The lowest BCUT2D eigenvalue weighted by Gasteiger charge is -2.06. The first kappa shape index (κ1) is 12.6. The summed E-state index contributed by atoms with van der Waals surface area (Å²) < 4.78 is 5.88. The van der Waals surface area contributed by atoms with E-state index in [-0.39, 0.29) is 23.6 Å². The molecule has 0 aromatic carbocycles. The number of nitrogen functional groups attached to an aromatic ring is 1. The normalized spacial score (nSPS) is 10.1. The minimum absolute atomic E-state index is 0.102. The molecule has 1 aromatic heterocycles. The van der Waals surface area contributed by atoms with Crippen molar-refractivity contribution in [2.45, 2.75) is 19.4 Å². The Morgan fingerprint density at radius 2 is 2.31 bits per heavy atom. The standard InChI is InChI=1S/C10H13ClN2O3/c1-16-9(14)3-2-4-13-6-7(11)5-8(12)10(13)15/h5-6H,2-4,12H2,1H3. The van der Waals surface area contributed by atoms with E-state index in [0.29, 0.717) is 18.0 Å². The molecule has 0 amide bonds. The van der Waals surface area contributed by atoms with Crippen LogP contribution < -0.4 is 11.3 Å². The zero-order chi connectivity index (χ0) is 12.1. The van der Waals surface area contributed by atoms with Crippen LogP contribution in [0.2, 0.25) is 5.02 Å². The maximum absolute atomic E-state index is 11.5. The van der Waals surface area contributed by atoms with E-state index >= 15 is 0 Å². The predicted octanol–water partition coefficient (Wildman–Crippen LogP) is 1.04. The average Bonchev–Trinajstić information content (AvgIpc) is 2.24. The van der Waals surface area contributed by atoms with Crippen molar-refractivity contribution in [1.29, 1.82) is 0 Å². The largest absolute Gasteiger partial charge is 0.469 e. The van der Waals surface area contributed by atoms with Crippen molar-refractivity contribution in [2.75, 3.05) is 12.8 Å². The highest BCUT2D eigenvalue weighted by Gasteiger charge is 2.04. The van der Waals surface area contributed by atoms with Crippen LogP contribution in [0, 0.1) is 0 Å². The molecule has 1 heterocycles. The Bertz CT molecular complexity index is 442. The molecule has 1 rings (SSSR count). The van der Waals surface area contributed by atoms with Gasteiger partial charge in [-0.15, -0.1) is 0 Å². The number of nitrogens with two attached hydrogens (primary N) is 1. The molecular formula is C10H13ClN2O3. The van der Waals surface area contributed by atoms with Crippen LogP contribution in [0.4, 0.5) is 5.69 Å². The Hall–Kier alpha value is -1.49. The maximum Gasteiger partial charge on any atom is 0.305 e. The topological polar surface area (TPSA) is 74.3 Å². The van der Waals surface area contributed by atoms with Gasteiger partial charge >= 0.3 is 5.97 Å². The molecule has 1 aromatic rings. The second-order valence-corrected chi connectivity index (χ2v) is 3.73. The predicted molar refractivity (Wildman–Crippen MR) is 61.4 cm³/mol. The fourth-order valence-corrected chi connectivity index (χ4v) is 1.52. The van der Waals surface area contributed by atoms with Crippen molar-refractivity contribution in [3.05, 3.63) is 27.6 Å². The van der Waals surface area contributed by atoms with Crippen molar-refractivity contribution in [3.8, 4) is 0 Å². The second-order valence-electron chi connectivity index (χ2n) is 3.29. The SMILES string of the molecule is COC(=O)CCCn1cc(Cl)cc(N)c1=O. The Morgan fingerprint density at radius 1 is 1.62 bits per heavy atom. The zero-order valence-corrected chi connectivity index (χ0v) is 9.66. The Kier molecular flexibility index (Phi) is 4.37. The van der Waals surface area contributed by atoms with Crippen LogP contribution in [-0.4, -0.2) is 17.6 Å². The third kappa shape index (κ3) is 3.27. The van der Waals surface area contributed by atoms with E-state index in [9.17, 15) is 9.59 Å². The molecule has 0 bridgehead atoms. The van der Waals surface area contributed by atoms with Gasteiger partial charge in [0.25, 0.3) is 5.56 Å². The molecular weight excluding hydrogens is 232 g/mol. The monoisotopic (exact) mass is 244 g/mol. The number of anilines is 1. The van der Waals surface area contributed by atoms with Gasteiger partial charge in [0.05, 0.1) is 17.8 Å². The third-order valence-corrected chi connectivity index (χ3v) is 2.29. The summed E-state index contributed by atoms with van der Waals surface area (Å²) in [7, 11) is 1.33. The maximum atomic E-state index is 11.5. The third-order valence-electron chi connectivity index (χ3n) is 2.09.